The van der Waals surface area contributed by atoms with Crippen LogP contribution in [-0.4, -0.2) is 43.0 Å². The number of benzene rings is 1. The summed E-state index contributed by atoms with van der Waals surface area (Å²) in [5.74, 6) is -0.187. The highest BCUT2D eigenvalue weighted by atomic mass is 79.9. The van der Waals surface area contributed by atoms with E-state index >= 15 is 0 Å². The average molecular weight is 479 g/mol. The van der Waals surface area contributed by atoms with E-state index in [4.69, 9.17) is 23.2 Å². The van der Waals surface area contributed by atoms with Crippen molar-refractivity contribution in [2.45, 2.75) is 0 Å². The first-order valence-electron chi connectivity index (χ1n) is 7.32. The van der Waals surface area contributed by atoms with Gasteiger partial charge in [0, 0.05) is 17.6 Å². The van der Waals surface area contributed by atoms with Gasteiger partial charge in [-0.05, 0) is 38.4 Å². The van der Waals surface area contributed by atoms with E-state index in [1.807, 2.05) is 37.2 Å². The summed E-state index contributed by atoms with van der Waals surface area (Å²) < 4.78 is 2.89. The van der Waals surface area contributed by atoms with Crippen molar-refractivity contribution in [3.05, 3.63) is 43.0 Å². The van der Waals surface area contributed by atoms with Gasteiger partial charge >= 0.3 is 0 Å². The predicted molar refractivity (Wildman–Crippen MR) is 112 cm³/mol. The second-order valence-corrected chi connectivity index (χ2v) is 9.82. The van der Waals surface area contributed by atoms with Crippen LogP contribution in [0.1, 0.15) is 10.4 Å². The molecule has 0 aliphatic heterocycles. The molecule has 0 radical (unpaired) electrons. The number of thiazole rings is 1. The molecule has 25 heavy (non-hydrogen) atoms. The van der Waals surface area contributed by atoms with Crippen LogP contribution in [0.15, 0.2) is 28.7 Å². The van der Waals surface area contributed by atoms with Crippen LogP contribution in [0.2, 0.25) is 8.67 Å². The third-order valence-electron chi connectivity index (χ3n) is 3.47. The molecule has 4 nitrogen and oxygen atoms in total. The minimum atomic E-state index is -0.187. The zero-order valence-corrected chi connectivity index (χ0v) is 18.2. The number of likely N-dealkylation sites (N-methyl/N-ethyl adjacent to an activating group) is 1. The van der Waals surface area contributed by atoms with Gasteiger partial charge in [0.05, 0.1) is 20.1 Å². The number of carbonyl (C=O) groups is 1. The molecule has 0 N–H and O–H groups in total. The number of carbonyl (C=O) groups excluding carboxylic acids is 1. The molecule has 0 saturated heterocycles. The Morgan fingerprint density at radius 3 is 2.60 bits per heavy atom. The van der Waals surface area contributed by atoms with Gasteiger partial charge < -0.3 is 4.90 Å². The topological polar surface area (TPSA) is 36.4 Å². The van der Waals surface area contributed by atoms with Crippen LogP contribution >= 0.6 is 61.8 Å². The molecule has 3 rings (SSSR count). The first kappa shape index (κ1) is 19.1. The summed E-state index contributed by atoms with van der Waals surface area (Å²) in [5, 5.41) is 0.651. The number of hydrogen-bond acceptors (Lipinski definition) is 5. The molecule has 0 saturated carbocycles. The highest BCUT2D eigenvalue weighted by molar-refractivity contribution is 9.10. The number of amides is 1. The fraction of sp³-hybridized carbons (Fsp3) is 0.250. The van der Waals surface area contributed by atoms with Crippen molar-refractivity contribution in [2.24, 2.45) is 0 Å². The standard InChI is InChI=1S/C16H14BrCl2N3OS2/c1-21(2)5-6-22(15(23)10-8-13(18)25-14(10)19)16-20-11-4-3-9(17)7-12(11)24-16/h3-4,7-8H,5-6H2,1-2H3. The molecule has 3 aromatic rings. The molecule has 9 heteroatoms. The third kappa shape index (κ3) is 4.35. The maximum Gasteiger partial charge on any atom is 0.262 e. The zero-order valence-electron chi connectivity index (χ0n) is 13.4. The van der Waals surface area contributed by atoms with E-state index in [1.165, 1.54) is 22.7 Å². The lowest BCUT2D eigenvalue weighted by Crippen LogP contribution is -2.36. The second kappa shape index (κ2) is 7.90. The minimum absolute atomic E-state index is 0.187. The van der Waals surface area contributed by atoms with E-state index in [2.05, 4.69) is 20.9 Å². The summed E-state index contributed by atoms with van der Waals surface area (Å²) in [6.07, 6.45) is 0. The van der Waals surface area contributed by atoms with Gasteiger partial charge in [-0.1, -0.05) is 50.5 Å². The summed E-state index contributed by atoms with van der Waals surface area (Å²) >= 11 is 18.3. The molecule has 0 bridgehead atoms. The van der Waals surface area contributed by atoms with Crippen molar-refractivity contribution in [1.29, 1.82) is 0 Å². The molecule has 0 atom stereocenters. The van der Waals surface area contributed by atoms with E-state index in [0.29, 0.717) is 32.5 Å². The SMILES string of the molecule is CN(C)CCN(C(=O)c1cc(Cl)sc1Cl)c1nc2ccc(Br)cc2s1. The van der Waals surface area contributed by atoms with Gasteiger partial charge in [0.25, 0.3) is 5.91 Å². The van der Waals surface area contributed by atoms with Crippen LogP contribution in [0.25, 0.3) is 10.2 Å². The van der Waals surface area contributed by atoms with Gasteiger partial charge in [0.1, 0.15) is 4.34 Å². The van der Waals surface area contributed by atoms with Gasteiger partial charge in [-0.15, -0.1) is 11.3 Å². The Hall–Kier alpha value is -0.700. The normalized spacial score (nSPS) is 11.4. The molecular formula is C16H14BrCl2N3OS2. The molecule has 0 spiro atoms. The van der Waals surface area contributed by atoms with E-state index in [1.54, 1.807) is 11.0 Å². The molecule has 1 aromatic carbocycles. The molecule has 132 valence electrons. The van der Waals surface area contributed by atoms with E-state index in [0.717, 1.165) is 14.7 Å². The van der Waals surface area contributed by atoms with Crippen molar-refractivity contribution >= 4 is 83.1 Å². The van der Waals surface area contributed by atoms with Crippen LogP contribution in [-0.2, 0) is 0 Å². The molecule has 1 amide bonds. The van der Waals surface area contributed by atoms with Gasteiger partial charge in [-0.2, -0.15) is 0 Å². The first-order chi connectivity index (χ1) is 11.8. The fourth-order valence-corrected chi connectivity index (χ4v) is 5.21. The fourth-order valence-electron chi connectivity index (χ4n) is 2.22. The van der Waals surface area contributed by atoms with Crippen LogP contribution in [0.5, 0.6) is 0 Å². The molecule has 0 aliphatic carbocycles. The number of fused-ring (bicyclic) bond motifs is 1. The summed E-state index contributed by atoms with van der Waals surface area (Å²) in [4.78, 5) is 21.4. The average Bonchev–Trinajstić information content (AvgIpc) is 3.09. The minimum Gasteiger partial charge on any atom is -0.308 e. The molecular weight excluding hydrogens is 465 g/mol. The number of aromatic nitrogens is 1. The van der Waals surface area contributed by atoms with Crippen molar-refractivity contribution in [3.63, 3.8) is 0 Å². The molecule has 0 aliphatic rings. The molecule has 2 heterocycles. The number of nitrogens with zero attached hydrogens (tertiary/aromatic N) is 3. The van der Waals surface area contributed by atoms with Crippen molar-refractivity contribution in [2.75, 3.05) is 32.1 Å². The number of halogens is 3. The van der Waals surface area contributed by atoms with E-state index < -0.39 is 0 Å². The van der Waals surface area contributed by atoms with Gasteiger partial charge in [0.2, 0.25) is 0 Å². The lowest BCUT2D eigenvalue weighted by atomic mass is 10.3. The first-order valence-corrected chi connectivity index (χ1v) is 10.5. The van der Waals surface area contributed by atoms with Gasteiger partial charge in [-0.25, -0.2) is 4.98 Å². The Morgan fingerprint density at radius 1 is 1.20 bits per heavy atom. The quantitative estimate of drug-likeness (QED) is 0.476. The molecule has 0 unspecified atom stereocenters. The van der Waals surface area contributed by atoms with E-state index in [-0.39, 0.29) is 5.91 Å². The Kier molecular flexibility index (Phi) is 6.03. The maximum absolute atomic E-state index is 13.1. The van der Waals surface area contributed by atoms with Crippen LogP contribution < -0.4 is 4.90 Å². The van der Waals surface area contributed by atoms with Gasteiger partial charge in [0.15, 0.2) is 5.13 Å². The summed E-state index contributed by atoms with van der Waals surface area (Å²) in [7, 11) is 3.93. The van der Waals surface area contributed by atoms with E-state index in [9.17, 15) is 4.79 Å². The highest BCUT2D eigenvalue weighted by Gasteiger charge is 2.24. The van der Waals surface area contributed by atoms with Crippen molar-refractivity contribution < 1.29 is 4.79 Å². The largest absolute Gasteiger partial charge is 0.308 e. The number of thiophene rings is 1. The third-order valence-corrected chi connectivity index (χ3v) is 6.50. The van der Waals surface area contributed by atoms with Crippen LogP contribution in [0.3, 0.4) is 0 Å². The summed E-state index contributed by atoms with van der Waals surface area (Å²) in [6.45, 7) is 1.22. The summed E-state index contributed by atoms with van der Waals surface area (Å²) in [5.41, 5.74) is 1.27. The lowest BCUT2D eigenvalue weighted by Gasteiger charge is -2.21. The Labute approximate surface area is 172 Å². The smallest absolute Gasteiger partial charge is 0.262 e. The zero-order chi connectivity index (χ0) is 18.1. The summed E-state index contributed by atoms with van der Waals surface area (Å²) in [6, 6.07) is 7.48. The molecule has 0 fully saturated rings. The molecule has 2 aromatic heterocycles. The number of hydrogen-bond donors (Lipinski definition) is 0. The number of anilines is 1. The predicted octanol–water partition coefficient (Wildman–Crippen LogP) is 5.64. The van der Waals surface area contributed by atoms with Crippen molar-refractivity contribution in [3.8, 4) is 0 Å². The lowest BCUT2D eigenvalue weighted by molar-refractivity contribution is 0.0986. The monoisotopic (exact) mass is 477 g/mol. The van der Waals surface area contributed by atoms with Crippen LogP contribution in [0, 0.1) is 0 Å². The highest BCUT2D eigenvalue weighted by Crippen LogP contribution is 2.35. The Bertz CT molecular complexity index is 925. The van der Waals surface area contributed by atoms with Crippen molar-refractivity contribution in [1.82, 2.24) is 9.88 Å². The maximum atomic E-state index is 13.1. The second-order valence-electron chi connectivity index (χ2n) is 5.61. The van der Waals surface area contributed by atoms with Crippen LogP contribution in [0.4, 0.5) is 5.13 Å². The number of rotatable bonds is 5. The Morgan fingerprint density at radius 2 is 1.96 bits per heavy atom. The Balaban J connectivity index is 2.00. The van der Waals surface area contributed by atoms with Gasteiger partial charge in [-0.3, -0.25) is 9.69 Å².